The number of carboxylic acid groups (broad SMARTS) is 2. The average molecular weight is 579 g/mol. The van der Waals surface area contributed by atoms with Gasteiger partial charge in [0.25, 0.3) is 11.9 Å². The van der Waals surface area contributed by atoms with Crippen molar-refractivity contribution in [1.29, 1.82) is 0 Å². The molecule has 0 saturated heterocycles. The highest BCUT2D eigenvalue weighted by molar-refractivity contribution is 5.99. The number of carbonyl (C=O) groups excluding carboxylic acids is 2. The molecule has 2 rings (SSSR count). The normalized spacial score (nSPS) is 12.8. The summed E-state index contributed by atoms with van der Waals surface area (Å²) in [7, 11) is 0. The number of aromatic nitrogens is 2. The van der Waals surface area contributed by atoms with Gasteiger partial charge < -0.3 is 36.7 Å². The number of nitrogens with zero attached hydrogens (tertiary/aromatic N) is 3. The first-order chi connectivity index (χ1) is 19.2. The van der Waals surface area contributed by atoms with E-state index in [9.17, 15) is 49.4 Å². The summed E-state index contributed by atoms with van der Waals surface area (Å²) in [4.78, 5) is 77.4. The number of hydrazine groups is 1. The number of aliphatic imine (C=N–C) groups is 1. The van der Waals surface area contributed by atoms with Crippen LogP contribution < -0.4 is 27.5 Å². The second-order valence-electron chi connectivity index (χ2n) is 9.05. The molecule has 0 fully saturated rings. The second kappa shape index (κ2) is 14.1. The largest absolute Gasteiger partial charge is 0.493 e. The van der Waals surface area contributed by atoms with E-state index >= 15 is 0 Å². The van der Waals surface area contributed by atoms with Gasteiger partial charge in [0.2, 0.25) is 11.8 Å². The van der Waals surface area contributed by atoms with E-state index in [1.54, 1.807) is 19.3 Å². The van der Waals surface area contributed by atoms with Gasteiger partial charge in [0.15, 0.2) is 5.03 Å². The lowest BCUT2D eigenvalue weighted by Gasteiger charge is -2.22. The molecule has 18 nitrogen and oxygen atoms in total. The zero-order valence-electron chi connectivity index (χ0n) is 22.0. The van der Waals surface area contributed by atoms with E-state index in [1.807, 2.05) is 0 Å². The molecule has 9 N–H and O–H groups in total. The summed E-state index contributed by atoms with van der Waals surface area (Å²) >= 11 is 0. The summed E-state index contributed by atoms with van der Waals surface area (Å²) in [5.74, 6) is -6.07. The summed E-state index contributed by atoms with van der Waals surface area (Å²) in [5.41, 5.74) is 6.34. The molecule has 0 aliphatic rings. The van der Waals surface area contributed by atoms with Gasteiger partial charge in [-0.25, -0.2) is 29.3 Å². The summed E-state index contributed by atoms with van der Waals surface area (Å²) in [5, 5.41) is 43.1. The molecule has 0 aliphatic heterocycles. The molecule has 0 unspecified atom stereocenters. The number of rotatable bonds is 14. The average Bonchev–Trinajstić information content (AvgIpc) is 3.16. The zero-order valence-corrected chi connectivity index (χ0v) is 22.0. The molecular formula is C23H30N8O10. The van der Waals surface area contributed by atoms with Crippen molar-refractivity contribution < 1.29 is 39.5 Å². The van der Waals surface area contributed by atoms with Crippen LogP contribution in [0, 0.1) is 16.0 Å². The first-order valence-corrected chi connectivity index (χ1v) is 12.1. The van der Waals surface area contributed by atoms with Crippen LogP contribution in [0.5, 0.6) is 5.88 Å². The summed E-state index contributed by atoms with van der Waals surface area (Å²) < 4.78 is 0.875. The van der Waals surface area contributed by atoms with Crippen LogP contribution in [-0.4, -0.2) is 78.2 Å². The minimum atomic E-state index is -1.61. The maximum Gasteiger partial charge on any atom is 0.333 e. The molecule has 1 aromatic carbocycles. The van der Waals surface area contributed by atoms with E-state index in [0.29, 0.717) is 0 Å². The predicted molar refractivity (Wildman–Crippen MR) is 141 cm³/mol. The summed E-state index contributed by atoms with van der Waals surface area (Å²) in [6.45, 7) is 3.13. The van der Waals surface area contributed by atoms with Gasteiger partial charge >= 0.3 is 17.6 Å². The standard InChI is InChI=1S/C23H30N8O10/c1-11(2)17(21(37)38)28-19(35)15(10-16(32)33)26-18(34)12-5-3-6-13(9-12)30-20(36)14(27-23(30)39)7-4-8-25-22(24)29-31(40)41/h3,5-6,9,11,15,17,36H,4,7-8,10H2,1-2H3,(H,26,34)(H,27,39)(H,28,35)(H,32,33)(H,37,38)(H3,24,25,29)/t15-,17-/m0/s1. The van der Waals surface area contributed by atoms with Crippen LogP contribution >= 0.6 is 0 Å². The molecule has 1 heterocycles. The third-order valence-corrected chi connectivity index (χ3v) is 5.61. The second-order valence-corrected chi connectivity index (χ2v) is 9.05. The summed E-state index contributed by atoms with van der Waals surface area (Å²) in [6.07, 6.45) is -0.466. The van der Waals surface area contributed by atoms with Gasteiger partial charge in [-0.05, 0) is 37.0 Å². The number of benzene rings is 1. The lowest BCUT2D eigenvalue weighted by atomic mass is 10.0. The number of carboxylic acids is 2. The number of nitrogens with one attached hydrogen (secondary N) is 4. The Morgan fingerprint density at radius 3 is 2.46 bits per heavy atom. The van der Waals surface area contributed by atoms with Gasteiger partial charge in [0.1, 0.15) is 12.1 Å². The number of guanidine groups is 1. The molecule has 41 heavy (non-hydrogen) atoms. The molecule has 2 atom stereocenters. The fraction of sp³-hybridized carbons (Fsp3) is 0.391. The maximum absolute atomic E-state index is 12.9. The third kappa shape index (κ3) is 9.08. The molecule has 0 radical (unpaired) electrons. The number of nitrogens with two attached hydrogens (primary N) is 1. The Morgan fingerprint density at radius 2 is 1.88 bits per heavy atom. The molecule has 0 spiro atoms. The molecule has 2 amide bonds. The van der Waals surface area contributed by atoms with Crippen LogP contribution in [0.4, 0.5) is 0 Å². The van der Waals surface area contributed by atoms with Gasteiger partial charge in [-0.15, -0.1) is 0 Å². The Labute approximate surface area is 231 Å². The Kier molecular flexibility index (Phi) is 10.9. The SMILES string of the molecule is CC(C)[C@H](NC(=O)[C@H](CC(=O)O)NC(=O)c1cccc(-n2c(O)c(CCCN=C(N)N[N+](=O)[O-])[nH]c2=O)c1)C(=O)O. The van der Waals surface area contributed by atoms with E-state index in [2.05, 4.69) is 20.6 Å². The Bertz CT molecular complexity index is 1400. The predicted octanol–water partition coefficient (Wildman–Crippen LogP) is -1.30. The molecule has 0 bridgehead atoms. The van der Waals surface area contributed by atoms with E-state index in [-0.39, 0.29) is 36.3 Å². The van der Waals surface area contributed by atoms with Gasteiger partial charge in [-0.2, -0.15) is 0 Å². The van der Waals surface area contributed by atoms with Crippen LogP contribution in [0.2, 0.25) is 0 Å². The van der Waals surface area contributed by atoms with Crippen LogP contribution in [0.15, 0.2) is 34.1 Å². The topological polar surface area (TPSA) is 284 Å². The molecule has 0 aliphatic carbocycles. The van der Waals surface area contributed by atoms with E-state index in [4.69, 9.17) is 5.73 Å². The molecule has 18 heteroatoms. The van der Waals surface area contributed by atoms with Crippen LogP contribution in [-0.2, 0) is 20.8 Å². The first kappa shape index (κ1) is 31.8. The molecule has 1 aromatic heterocycles. The molecule has 2 aromatic rings. The number of amides is 2. The van der Waals surface area contributed by atoms with Crippen molar-refractivity contribution in [3.8, 4) is 11.6 Å². The maximum atomic E-state index is 12.9. The number of imidazole rings is 1. The molecular weight excluding hydrogens is 548 g/mol. The van der Waals surface area contributed by atoms with Crippen molar-refractivity contribution >= 4 is 29.7 Å². The number of H-pyrrole nitrogens is 1. The van der Waals surface area contributed by atoms with E-state index in [1.165, 1.54) is 24.3 Å². The number of nitro groups is 1. The number of carbonyl (C=O) groups is 4. The van der Waals surface area contributed by atoms with E-state index < -0.39 is 70.7 Å². The smallest absolute Gasteiger partial charge is 0.333 e. The van der Waals surface area contributed by atoms with Crippen molar-refractivity contribution in [3.63, 3.8) is 0 Å². The number of hydrogen-bond donors (Lipinski definition) is 8. The first-order valence-electron chi connectivity index (χ1n) is 12.1. The quantitative estimate of drug-likeness (QED) is 0.0427. The highest BCUT2D eigenvalue weighted by atomic mass is 16.7. The van der Waals surface area contributed by atoms with Crippen molar-refractivity contribution in [2.45, 2.75) is 45.2 Å². The fourth-order valence-electron chi connectivity index (χ4n) is 3.65. The summed E-state index contributed by atoms with van der Waals surface area (Å²) in [6, 6.07) is 2.39. The Hall–Kier alpha value is -5.42. The monoisotopic (exact) mass is 578 g/mol. The van der Waals surface area contributed by atoms with Gasteiger partial charge in [0.05, 0.1) is 17.8 Å². The van der Waals surface area contributed by atoms with E-state index in [0.717, 1.165) is 4.57 Å². The van der Waals surface area contributed by atoms with Crippen molar-refractivity contribution in [2.24, 2.45) is 16.6 Å². The number of aromatic hydroxyl groups is 1. The van der Waals surface area contributed by atoms with Gasteiger partial charge in [-0.3, -0.25) is 14.4 Å². The zero-order chi connectivity index (χ0) is 30.9. The number of aryl methyl sites for hydroxylation is 1. The van der Waals surface area contributed by atoms with Gasteiger partial charge in [-0.1, -0.05) is 25.3 Å². The third-order valence-electron chi connectivity index (χ3n) is 5.61. The Morgan fingerprint density at radius 1 is 1.20 bits per heavy atom. The van der Waals surface area contributed by atoms with Crippen molar-refractivity contribution in [1.82, 2.24) is 25.6 Å². The van der Waals surface area contributed by atoms with Gasteiger partial charge in [0, 0.05) is 12.1 Å². The Balaban J connectivity index is 2.21. The highest BCUT2D eigenvalue weighted by Crippen LogP contribution is 2.20. The minimum absolute atomic E-state index is 0.0461. The van der Waals surface area contributed by atoms with Crippen LogP contribution in [0.3, 0.4) is 0 Å². The number of hydrogen-bond acceptors (Lipinski definition) is 9. The van der Waals surface area contributed by atoms with Crippen molar-refractivity contribution in [3.05, 3.63) is 56.1 Å². The lowest BCUT2D eigenvalue weighted by Crippen LogP contribution is -2.53. The number of aromatic amines is 1. The number of aliphatic carboxylic acids is 2. The molecule has 0 saturated carbocycles. The lowest BCUT2D eigenvalue weighted by molar-refractivity contribution is -0.525. The van der Waals surface area contributed by atoms with Crippen LogP contribution in [0.25, 0.3) is 5.69 Å². The fourth-order valence-corrected chi connectivity index (χ4v) is 3.65. The van der Waals surface area contributed by atoms with Crippen LogP contribution in [0.1, 0.15) is 42.7 Å². The minimum Gasteiger partial charge on any atom is -0.493 e. The molecule has 222 valence electrons. The highest BCUT2D eigenvalue weighted by Gasteiger charge is 2.30. The van der Waals surface area contributed by atoms with Crippen molar-refractivity contribution in [2.75, 3.05) is 6.54 Å².